The van der Waals surface area contributed by atoms with Gasteiger partial charge in [0.2, 0.25) is 5.91 Å². The van der Waals surface area contributed by atoms with Crippen LogP contribution in [0.15, 0.2) is 23.7 Å². The third-order valence-corrected chi connectivity index (χ3v) is 4.92. The molecule has 1 amide bonds. The van der Waals surface area contributed by atoms with Crippen LogP contribution >= 0.6 is 11.3 Å². The van der Waals surface area contributed by atoms with Gasteiger partial charge in [-0.2, -0.15) is 5.10 Å². The van der Waals surface area contributed by atoms with E-state index in [4.69, 9.17) is 4.74 Å². The second kappa shape index (κ2) is 6.62. The summed E-state index contributed by atoms with van der Waals surface area (Å²) in [5.41, 5.74) is 2.23. The molecule has 0 bridgehead atoms. The summed E-state index contributed by atoms with van der Waals surface area (Å²) in [4.78, 5) is 15.6. The van der Waals surface area contributed by atoms with Crippen molar-refractivity contribution in [1.82, 2.24) is 14.7 Å². The average Bonchev–Trinajstić information content (AvgIpc) is 3.16. The van der Waals surface area contributed by atoms with Gasteiger partial charge in [0.05, 0.1) is 25.3 Å². The molecule has 0 saturated carbocycles. The monoisotopic (exact) mass is 319 g/mol. The number of hydrogen-bond acceptors (Lipinski definition) is 4. The highest BCUT2D eigenvalue weighted by atomic mass is 32.1. The van der Waals surface area contributed by atoms with E-state index in [-0.39, 0.29) is 11.8 Å². The quantitative estimate of drug-likeness (QED) is 0.849. The largest absolute Gasteiger partial charge is 0.384 e. The number of hydrogen-bond donors (Lipinski definition) is 0. The Hall–Kier alpha value is -1.66. The highest BCUT2D eigenvalue weighted by molar-refractivity contribution is 7.10. The van der Waals surface area contributed by atoms with Crippen LogP contribution in [0.3, 0.4) is 0 Å². The van der Waals surface area contributed by atoms with Gasteiger partial charge in [-0.15, -0.1) is 11.3 Å². The van der Waals surface area contributed by atoms with Crippen LogP contribution in [0, 0.1) is 0 Å². The van der Waals surface area contributed by atoms with Crippen molar-refractivity contribution < 1.29 is 9.53 Å². The molecule has 2 aromatic heterocycles. The summed E-state index contributed by atoms with van der Waals surface area (Å²) >= 11 is 1.63. The number of aryl methyl sites for hydroxylation is 1. The topological polar surface area (TPSA) is 47.4 Å². The fourth-order valence-electron chi connectivity index (χ4n) is 2.92. The summed E-state index contributed by atoms with van der Waals surface area (Å²) in [6, 6.07) is 3.99. The van der Waals surface area contributed by atoms with Crippen molar-refractivity contribution >= 4 is 17.2 Å². The maximum absolute atomic E-state index is 12.6. The van der Waals surface area contributed by atoms with Crippen molar-refractivity contribution in [2.24, 2.45) is 0 Å². The number of carbonyl (C=O) groups is 1. The number of rotatable bonds is 5. The van der Waals surface area contributed by atoms with Gasteiger partial charge in [-0.05, 0) is 18.4 Å². The summed E-state index contributed by atoms with van der Waals surface area (Å²) in [6.07, 6.45) is 2.57. The van der Waals surface area contributed by atoms with Crippen molar-refractivity contribution in [3.63, 3.8) is 0 Å². The molecule has 0 fully saturated rings. The molecule has 0 radical (unpaired) electrons. The molecule has 1 aliphatic rings. The van der Waals surface area contributed by atoms with Gasteiger partial charge in [-0.1, -0.05) is 6.07 Å². The van der Waals surface area contributed by atoms with E-state index in [1.54, 1.807) is 18.4 Å². The van der Waals surface area contributed by atoms with Crippen LogP contribution in [0.1, 0.15) is 29.0 Å². The van der Waals surface area contributed by atoms with E-state index in [9.17, 15) is 4.79 Å². The molecule has 2 aromatic rings. The smallest absolute Gasteiger partial charge is 0.228 e. The molecule has 3 rings (SSSR count). The van der Waals surface area contributed by atoms with Gasteiger partial charge in [0.25, 0.3) is 0 Å². The Labute approximate surface area is 134 Å². The first-order chi connectivity index (χ1) is 10.7. The summed E-state index contributed by atoms with van der Waals surface area (Å²) < 4.78 is 7.29. The van der Waals surface area contributed by atoms with Gasteiger partial charge in [0.15, 0.2) is 0 Å². The lowest BCUT2D eigenvalue weighted by Gasteiger charge is -2.31. The van der Waals surface area contributed by atoms with Crippen molar-refractivity contribution in [3.8, 4) is 0 Å². The predicted molar refractivity (Wildman–Crippen MR) is 86.0 cm³/mol. The summed E-state index contributed by atoms with van der Waals surface area (Å²) in [6.45, 7) is 4.84. The normalized spacial score (nSPS) is 17.5. The minimum absolute atomic E-state index is 0.167. The molecule has 0 aromatic carbocycles. The van der Waals surface area contributed by atoms with Crippen molar-refractivity contribution in [2.45, 2.75) is 32.4 Å². The number of ether oxygens (including phenoxy) is 1. The first kappa shape index (κ1) is 15.2. The van der Waals surface area contributed by atoms with E-state index in [0.29, 0.717) is 26.1 Å². The fourth-order valence-corrected chi connectivity index (χ4v) is 3.62. The minimum atomic E-state index is 0.167. The second-order valence-electron chi connectivity index (χ2n) is 5.57. The first-order valence-electron chi connectivity index (χ1n) is 7.56. The molecule has 0 saturated heterocycles. The van der Waals surface area contributed by atoms with Gasteiger partial charge < -0.3 is 9.64 Å². The molecule has 0 aliphatic carbocycles. The molecule has 0 N–H and O–H groups in total. The lowest BCUT2D eigenvalue weighted by molar-refractivity contribution is -0.132. The number of thiophene rings is 1. The Kier molecular flexibility index (Phi) is 4.59. The molecule has 118 valence electrons. The third kappa shape index (κ3) is 3.08. The van der Waals surface area contributed by atoms with Crippen LogP contribution in [0.4, 0.5) is 0 Å². The highest BCUT2D eigenvalue weighted by Gasteiger charge is 2.30. The van der Waals surface area contributed by atoms with Crippen molar-refractivity contribution in [3.05, 3.63) is 39.8 Å². The van der Waals surface area contributed by atoms with Gasteiger partial charge in [0.1, 0.15) is 0 Å². The zero-order chi connectivity index (χ0) is 15.5. The van der Waals surface area contributed by atoms with Crippen LogP contribution in [0.2, 0.25) is 0 Å². The number of nitrogens with zero attached hydrogens (tertiary/aromatic N) is 3. The lowest BCUT2D eigenvalue weighted by atomic mass is 9.95. The number of fused-ring (bicyclic) bond motifs is 1. The molecule has 6 heteroatoms. The summed E-state index contributed by atoms with van der Waals surface area (Å²) in [7, 11) is 1.70. The van der Waals surface area contributed by atoms with Gasteiger partial charge >= 0.3 is 0 Å². The maximum Gasteiger partial charge on any atom is 0.228 e. The van der Waals surface area contributed by atoms with Gasteiger partial charge in [-0.25, -0.2) is 0 Å². The van der Waals surface area contributed by atoms with Crippen LogP contribution in [0.5, 0.6) is 0 Å². The standard InChI is InChI=1S/C16H21N3O2S/c1-3-19-9-14-12(11-21-2)8-18(10-15(14)17-19)16(20)7-13-5-4-6-22-13/h4-6,9,12H,3,7-8,10-11H2,1-2H3. The fraction of sp³-hybridized carbons (Fsp3) is 0.500. The second-order valence-corrected chi connectivity index (χ2v) is 6.60. The van der Waals surface area contributed by atoms with E-state index >= 15 is 0 Å². The van der Waals surface area contributed by atoms with E-state index in [1.807, 2.05) is 27.1 Å². The Bertz CT molecular complexity index is 636. The van der Waals surface area contributed by atoms with Gasteiger partial charge in [-0.3, -0.25) is 9.48 Å². The molecule has 1 aliphatic heterocycles. The Morgan fingerprint density at radius 2 is 2.41 bits per heavy atom. The van der Waals surface area contributed by atoms with Crippen LogP contribution in [-0.2, 0) is 29.0 Å². The first-order valence-corrected chi connectivity index (χ1v) is 8.44. The lowest BCUT2D eigenvalue weighted by Crippen LogP contribution is -2.40. The summed E-state index contributed by atoms with van der Waals surface area (Å²) in [5, 5.41) is 6.61. The molecular weight excluding hydrogens is 298 g/mol. The zero-order valence-electron chi connectivity index (χ0n) is 13.0. The van der Waals surface area contributed by atoms with Crippen molar-refractivity contribution in [1.29, 1.82) is 0 Å². The van der Waals surface area contributed by atoms with E-state index in [0.717, 1.165) is 17.1 Å². The highest BCUT2D eigenvalue weighted by Crippen LogP contribution is 2.28. The predicted octanol–water partition coefficient (Wildman–Crippen LogP) is 2.28. The zero-order valence-corrected chi connectivity index (χ0v) is 13.8. The molecule has 0 spiro atoms. The minimum Gasteiger partial charge on any atom is -0.384 e. The van der Waals surface area contributed by atoms with Crippen molar-refractivity contribution in [2.75, 3.05) is 20.3 Å². The number of amides is 1. The Morgan fingerprint density at radius 3 is 3.09 bits per heavy atom. The molecular formula is C16H21N3O2S. The third-order valence-electron chi connectivity index (χ3n) is 4.04. The Morgan fingerprint density at radius 1 is 1.55 bits per heavy atom. The molecule has 22 heavy (non-hydrogen) atoms. The molecule has 3 heterocycles. The number of carbonyl (C=O) groups excluding carboxylic acids is 1. The van der Waals surface area contributed by atoms with Crippen LogP contribution in [0.25, 0.3) is 0 Å². The van der Waals surface area contributed by atoms with E-state index in [2.05, 4.69) is 18.2 Å². The van der Waals surface area contributed by atoms with E-state index < -0.39 is 0 Å². The van der Waals surface area contributed by atoms with Crippen LogP contribution in [-0.4, -0.2) is 40.8 Å². The Balaban J connectivity index is 1.78. The number of methoxy groups -OCH3 is 1. The summed E-state index contributed by atoms with van der Waals surface area (Å²) in [5.74, 6) is 0.376. The average molecular weight is 319 g/mol. The number of aromatic nitrogens is 2. The molecule has 5 nitrogen and oxygen atoms in total. The van der Waals surface area contributed by atoms with Crippen LogP contribution < -0.4 is 0 Å². The van der Waals surface area contributed by atoms with Gasteiger partial charge in [0, 0.05) is 42.8 Å². The maximum atomic E-state index is 12.6. The van der Waals surface area contributed by atoms with E-state index in [1.165, 1.54) is 5.56 Å². The SMILES string of the molecule is CCn1cc2c(n1)CN(C(=O)Cc1cccs1)CC2COC. The molecule has 1 atom stereocenters. The molecule has 1 unspecified atom stereocenters.